The molecule has 0 atom stereocenters. The van der Waals surface area contributed by atoms with E-state index in [0.29, 0.717) is 11.8 Å². The van der Waals surface area contributed by atoms with Crippen LogP contribution in [0.3, 0.4) is 0 Å². The molecule has 7 aromatic rings. The fourth-order valence-electron chi connectivity index (χ4n) is 6.06. The van der Waals surface area contributed by atoms with Gasteiger partial charge in [0.2, 0.25) is 5.79 Å². The molecule has 0 bridgehead atoms. The molecule has 9 nitrogen and oxygen atoms in total. The molecule has 0 spiro atoms. The van der Waals surface area contributed by atoms with Crippen LogP contribution in [-0.4, -0.2) is 70.8 Å². The van der Waals surface area contributed by atoms with Crippen LogP contribution < -0.4 is 5.26 Å². The van der Waals surface area contributed by atoms with Gasteiger partial charge in [0.25, 0.3) is 10.1 Å². The number of methoxy groups -OCH3 is 2. The number of hydrogen-bond acceptors (Lipinski definition) is 10. The number of carboxylic acids is 1. The Morgan fingerprint density at radius 3 is 1.36 bits per heavy atom. The molecule has 0 fully saturated rings. The second-order valence-electron chi connectivity index (χ2n) is 14.3. The van der Waals surface area contributed by atoms with Crippen LogP contribution in [0.1, 0.15) is 37.4 Å². The summed E-state index contributed by atoms with van der Waals surface area (Å²) in [4.78, 5) is 30.1. The first-order valence-electron chi connectivity index (χ1n) is 20.1. The maximum Gasteiger partial charge on any atom is 0.335 e. The van der Waals surface area contributed by atoms with E-state index < -0.39 is 21.9 Å². The molecule has 0 aliphatic heterocycles. The van der Waals surface area contributed by atoms with Gasteiger partial charge in [0.15, 0.2) is 15.6 Å². The minimum absolute atomic E-state index is 0.0765. The molecule has 66 heavy (non-hydrogen) atoms. The molecule has 7 aromatic carbocycles. The molecular formula is C52H53O9S5+. The van der Waals surface area contributed by atoms with Crippen molar-refractivity contribution in [3.05, 3.63) is 216 Å². The average Bonchev–Trinajstić information content (AvgIpc) is 3.34. The largest absolute Gasteiger partial charge is 0.707 e. The van der Waals surface area contributed by atoms with Crippen LogP contribution >= 0.6 is 23.5 Å². The van der Waals surface area contributed by atoms with Gasteiger partial charge in [0, 0.05) is 77.8 Å². The smallest absolute Gasteiger partial charge is 0.335 e. The molecule has 0 amide bonds. The standard InChI is InChI=1S/C23H25O2S2.C21H19OS2.C7H6O2.CH4O4S/c1-24-23(25-2,18-14-16-20(17-15-18)27(3)4)21-12-8-9-13-22(21)26-19-10-6-5-7-11-19;1-24(2)18-14-12-16(13-15-18)21(22)19-10-6-7-11-20(19)23-17-8-4-3-5-9-17;8-7(9)6-4-2-1-3-5-6;1-6(3,4)5-2/h5-17H,1-4H3;3-15H,1-2H3;1-5H,(H,8,9);2H,1H3/q2*+1;;/p-1. The lowest BCUT2D eigenvalue weighted by Gasteiger charge is -2.33. The van der Waals surface area contributed by atoms with E-state index >= 15 is 0 Å². The van der Waals surface area contributed by atoms with Gasteiger partial charge in [-0.25, -0.2) is 13.2 Å². The second-order valence-corrected chi connectivity index (χ2v) is 22.3. The van der Waals surface area contributed by atoms with Crippen LogP contribution in [0.4, 0.5) is 0 Å². The highest BCUT2D eigenvalue weighted by Crippen LogP contribution is 2.42. The lowest BCUT2D eigenvalue weighted by atomic mass is 9.97. The number of carbonyl (C=O) groups is 2. The molecule has 0 unspecified atom stereocenters. The minimum atomic E-state index is -3.72. The van der Waals surface area contributed by atoms with Gasteiger partial charge in [0.05, 0.1) is 11.8 Å². The van der Waals surface area contributed by atoms with E-state index in [4.69, 9.17) is 19.8 Å². The molecule has 1 N–H and O–H groups in total. The average molecular weight is 982 g/mol. The maximum atomic E-state index is 12.9. The molecule has 0 aliphatic carbocycles. The molecule has 0 radical (unpaired) electrons. The molecule has 7 rings (SSSR count). The van der Waals surface area contributed by atoms with Crippen LogP contribution in [0.25, 0.3) is 0 Å². The number of carboxylic acid groups (broad SMARTS) is 1. The molecule has 0 aromatic heterocycles. The van der Waals surface area contributed by atoms with E-state index in [1.165, 1.54) is 14.7 Å². The number of ether oxygens (including phenoxy) is 2. The summed E-state index contributed by atoms with van der Waals surface area (Å²) in [6.07, 6.45) is 9.49. The predicted molar refractivity (Wildman–Crippen MR) is 269 cm³/mol. The lowest BCUT2D eigenvalue weighted by Crippen LogP contribution is -2.33. The number of carbonyl (C=O) groups excluding carboxylic acids is 1. The molecule has 0 aliphatic rings. The number of aromatic carboxylic acids is 1. The third-order valence-corrected chi connectivity index (χ3v) is 14.2. The summed E-state index contributed by atoms with van der Waals surface area (Å²) in [5.41, 5.74) is 3.82. The SMILES string of the molecule is COC(OC)(c1ccc([S+](C)C)cc1)c1ccccc1Sc1ccccc1.CS(=O)(=O)O[O-].C[S+](C)c1ccc(C(=O)c2ccccc2Sc2ccccc2)cc1.O=C(O)c1ccccc1. The van der Waals surface area contributed by atoms with Crippen molar-refractivity contribution in [3.8, 4) is 0 Å². The predicted octanol–water partition coefficient (Wildman–Crippen LogP) is 10.5. The van der Waals surface area contributed by atoms with E-state index in [2.05, 4.69) is 114 Å². The van der Waals surface area contributed by atoms with Crippen LogP contribution in [0.2, 0.25) is 0 Å². The minimum Gasteiger partial charge on any atom is -0.707 e. The summed E-state index contributed by atoms with van der Waals surface area (Å²) >= 11 is 3.34. The molecule has 0 saturated heterocycles. The maximum absolute atomic E-state index is 12.9. The first-order valence-corrected chi connectivity index (χ1v) is 27.6. The number of benzene rings is 7. The Labute approximate surface area is 403 Å². The first-order chi connectivity index (χ1) is 31.6. The number of hydrogen-bond donors (Lipinski definition) is 1. The summed E-state index contributed by atoms with van der Waals surface area (Å²) in [6, 6.07) is 61.4. The summed E-state index contributed by atoms with van der Waals surface area (Å²) in [7, 11) is 0.112. The highest BCUT2D eigenvalue weighted by Gasteiger charge is 2.37. The van der Waals surface area contributed by atoms with Crippen LogP contribution in [-0.2, 0) is 51.5 Å². The van der Waals surface area contributed by atoms with Gasteiger partial charge in [-0.05, 0) is 103 Å². The van der Waals surface area contributed by atoms with Gasteiger partial charge >= 0.3 is 5.97 Å². The summed E-state index contributed by atoms with van der Waals surface area (Å²) in [5.74, 6) is -1.75. The Kier molecular flexibility index (Phi) is 21.8. The normalized spacial score (nSPS) is 11.0. The quantitative estimate of drug-likeness (QED) is 0.0366. The van der Waals surface area contributed by atoms with E-state index in [1.807, 2.05) is 72.8 Å². The zero-order valence-electron chi connectivity index (χ0n) is 37.7. The van der Waals surface area contributed by atoms with Gasteiger partial charge in [-0.1, -0.05) is 108 Å². The fourth-order valence-corrected chi connectivity index (χ4v) is 9.39. The van der Waals surface area contributed by atoms with Crippen LogP contribution in [0, 0.1) is 0 Å². The van der Waals surface area contributed by atoms with Crippen molar-refractivity contribution in [2.75, 3.05) is 45.5 Å². The van der Waals surface area contributed by atoms with Gasteiger partial charge in [-0.15, -0.1) is 0 Å². The summed E-state index contributed by atoms with van der Waals surface area (Å²) in [5, 5.41) is 17.2. The second kappa shape index (κ2) is 26.9. The third kappa shape index (κ3) is 16.3. The number of rotatable bonds is 14. The van der Waals surface area contributed by atoms with Crippen molar-refractivity contribution in [2.45, 2.75) is 35.2 Å². The van der Waals surface area contributed by atoms with Gasteiger partial charge in [0.1, 0.15) is 25.0 Å². The monoisotopic (exact) mass is 981 g/mol. The van der Waals surface area contributed by atoms with Crippen molar-refractivity contribution in [3.63, 3.8) is 0 Å². The van der Waals surface area contributed by atoms with E-state index in [1.54, 1.807) is 68.1 Å². The van der Waals surface area contributed by atoms with Crippen molar-refractivity contribution < 1.29 is 42.2 Å². The van der Waals surface area contributed by atoms with Crippen molar-refractivity contribution in [2.24, 2.45) is 0 Å². The highest BCUT2D eigenvalue weighted by molar-refractivity contribution is 7.99. The highest BCUT2D eigenvalue weighted by atomic mass is 32.2. The zero-order chi connectivity index (χ0) is 48.1. The Hall–Kier alpha value is -5.13. The van der Waals surface area contributed by atoms with Gasteiger partial charge < -0.3 is 24.2 Å². The molecule has 344 valence electrons. The van der Waals surface area contributed by atoms with Crippen molar-refractivity contribution in [1.82, 2.24) is 0 Å². The third-order valence-electron chi connectivity index (χ3n) is 9.33. The topological polar surface area (TPSA) is 139 Å². The first kappa shape index (κ1) is 53.5. The molecule has 0 heterocycles. The summed E-state index contributed by atoms with van der Waals surface area (Å²) in [6.45, 7) is 0. The van der Waals surface area contributed by atoms with Gasteiger partial charge in [-0.3, -0.25) is 4.79 Å². The fraction of sp³-hybridized carbons (Fsp3) is 0.154. The Morgan fingerprint density at radius 2 is 0.939 bits per heavy atom. The van der Waals surface area contributed by atoms with Crippen molar-refractivity contribution >= 4 is 67.2 Å². The molecular weight excluding hydrogens is 929 g/mol. The van der Waals surface area contributed by atoms with Crippen LogP contribution in [0.15, 0.2) is 217 Å². The lowest BCUT2D eigenvalue weighted by molar-refractivity contribution is -0.634. The summed E-state index contributed by atoms with van der Waals surface area (Å²) < 4.78 is 33.6. The molecule has 14 heteroatoms. The van der Waals surface area contributed by atoms with Crippen LogP contribution in [0.5, 0.6) is 0 Å². The number of ketones is 1. The van der Waals surface area contributed by atoms with Crippen molar-refractivity contribution in [1.29, 1.82) is 0 Å². The Bertz CT molecular complexity index is 2660. The van der Waals surface area contributed by atoms with E-state index in [-0.39, 0.29) is 27.6 Å². The van der Waals surface area contributed by atoms with E-state index in [0.717, 1.165) is 36.9 Å². The Balaban J connectivity index is 0.000000221. The Morgan fingerprint density at radius 1 is 0.545 bits per heavy atom. The zero-order valence-corrected chi connectivity index (χ0v) is 41.7. The molecule has 0 saturated carbocycles. The van der Waals surface area contributed by atoms with Gasteiger partial charge in [-0.2, -0.15) is 0 Å². The van der Waals surface area contributed by atoms with E-state index in [9.17, 15) is 18.0 Å².